The molecule has 4 nitrogen and oxygen atoms in total. The fraction of sp³-hybridized carbons (Fsp3) is 0.692. The average molecular weight is 267 g/mol. The van der Waals surface area contributed by atoms with Gasteiger partial charge in [-0.05, 0) is 26.2 Å². The van der Waals surface area contributed by atoms with Crippen LogP contribution in [0, 0.1) is 12.8 Å². The molecule has 1 aliphatic rings. The average Bonchev–Trinajstić information content (AvgIpc) is 3.05. The zero-order valence-electron chi connectivity index (χ0n) is 11.0. The third kappa shape index (κ3) is 1.92. The maximum atomic E-state index is 6.03. The highest BCUT2D eigenvalue weighted by molar-refractivity contribution is 6.16. The molecule has 0 aliphatic heterocycles. The highest BCUT2D eigenvalue weighted by Crippen LogP contribution is 2.33. The standard InChI is InChI=1S/C13H19ClN4/c1-3-18-13-12(9(2)16-18)15-11(8-14)17(13)7-6-10-4-5-10/h10H,3-8H2,1-2H3. The number of fused-ring (bicyclic) bond motifs is 1. The molecule has 1 fully saturated rings. The van der Waals surface area contributed by atoms with Crippen LogP contribution in [-0.2, 0) is 19.0 Å². The topological polar surface area (TPSA) is 35.6 Å². The molecule has 3 rings (SSSR count). The summed E-state index contributed by atoms with van der Waals surface area (Å²) in [6, 6.07) is 0. The number of halogens is 1. The van der Waals surface area contributed by atoms with E-state index in [4.69, 9.17) is 11.6 Å². The Morgan fingerprint density at radius 1 is 1.39 bits per heavy atom. The van der Waals surface area contributed by atoms with Crippen LogP contribution >= 0.6 is 11.6 Å². The SMILES string of the molecule is CCn1nc(C)c2nc(CCl)n(CCC3CC3)c21. The van der Waals surface area contributed by atoms with Crippen LogP contribution in [-0.4, -0.2) is 19.3 Å². The van der Waals surface area contributed by atoms with E-state index < -0.39 is 0 Å². The van der Waals surface area contributed by atoms with Gasteiger partial charge in [-0.2, -0.15) is 5.10 Å². The Morgan fingerprint density at radius 3 is 2.78 bits per heavy atom. The number of alkyl halides is 1. The summed E-state index contributed by atoms with van der Waals surface area (Å²) in [6.45, 7) is 6.03. The Bertz CT molecular complexity index is 565. The van der Waals surface area contributed by atoms with Gasteiger partial charge in [0.25, 0.3) is 0 Å². The summed E-state index contributed by atoms with van der Waals surface area (Å²) in [7, 11) is 0. The normalized spacial score (nSPS) is 15.7. The van der Waals surface area contributed by atoms with Crippen LogP contribution in [0.4, 0.5) is 0 Å². The molecule has 0 unspecified atom stereocenters. The molecule has 5 heteroatoms. The smallest absolute Gasteiger partial charge is 0.158 e. The van der Waals surface area contributed by atoms with Crippen LogP contribution in [0.15, 0.2) is 0 Å². The second-order valence-corrected chi connectivity index (χ2v) is 5.39. The summed E-state index contributed by atoms with van der Waals surface area (Å²) < 4.78 is 4.31. The molecule has 0 amide bonds. The molecule has 1 aliphatic carbocycles. The van der Waals surface area contributed by atoms with Crippen molar-refractivity contribution in [3.8, 4) is 0 Å². The first-order valence-corrected chi connectivity index (χ1v) is 7.26. The van der Waals surface area contributed by atoms with Gasteiger partial charge in [0, 0.05) is 13.1 Å². The number of hydrogen-bond acceptors (Lipinski definition) is 2. The van der Waals surface area contributed by atoms with Crippen LogP contribution in [0.1, 0.15) is 37.7 Å². The molecule has 98 valence electrons. The van der Waals surface area contributed by atoms with Gasteiger partial charge in [0.1, 0.15) is 11.3 Å². The zero-order valence-corrected chi connectivity index (χ0v) is 11.7. The Kier molecular flexibility index (Phi) is 3.06. The first-order valence-electron chi connectivity index (χ1n) is 6.73. The molecule has 0 bridgehead atoms. The third-order valence-electron chi connectivity index (χ3n) is 3.75. The molecular weight excluding hydrogens is 248 g/mol. The highest BCUT2D eigenvalue weighted by atomic mass is 35.5. The van der Waals surface area contributed by atoms with E-state index in [0.29, 0.717) is 5.88 Å². The lowest BCUT2D eigenvalue weighted by atomic mass is 10.3. The fourth-order valence-corrected chi connectivity index (χ4v) is 2.75. The summed E-state index contributed by atoms with van der Waals surface area (Å²) in [4.78, 5) is 4.65. The summed E-state index contributed by atoms with van der Waals surface area (Å²) >= 11 is 6.03. The first kappa shape index (κ1) is 12.0. The second-order valence-electron chi connectivity index (χ2n) is 5.12. The van der Waals surface area contributed by atoms with Gasteiger partial charge >= 0.3 is 0 Å². The van der Waals surface area contributed by atoms with Crippen molar-refractivity contribution in [1.29, 1.82) is 0 Å². The molecule has 0 N–H and O–H groups in total. The number of rotatable bonds is 5. The molecule has 1 saturated carbocycles. The van der Waals surface area contributed by atoms with Gasteiger partial charge in [0.05, 0.1) is 11.6 Å². The van der Waals surface area contributed by atoms with Gasteiger partial charge in [0.2, 0.25) is 0 Å². The van der Waals surface area contributed by atoms with Gasteiger partial charge in [0.15, 0.2) is 5.65 Å². The van der Waals surface area contributed by atoms with Crippen molar-refractivity contribution in [3.05, 3.63) is 11.5 Å². The minimum atomic E-state index is 0.475. The molecule has 0 saturated heterocycles. The Hall–Kier alpha value is -1.03. The van der Waals surface area contributed by atoms with Gasteiger partial charge < -0.3 is 4.57 Å². The van der Waals surface area contributed by atoms with E-state index in [2.05, 4.69) is 21.6 Å². The quantitative estimate of drug-likeness (QED) is 0.780. The number of nitrogens with zero attached hydrogens (tertiary/aromatic N) is 4. The van der Waals surface area contributed by atoms with Crippen molar-refractivity contribution in [1.82, 2.24) is 19.3 Å². The van der Waals surface area contributed by atoms with E-state index >= 15 is 0 Å². The van der Waals surface area contributed by atoms with Crippen LogP contribution < -0.4 is 0 Å². The van der Waals surface area contributed by atoms with Crippen LogP contribution in [0.25, 0.3) is 11.2 Å². The van der Waals surface area contributed by atoms with Crippen LogP contribution in [0.2, 0.25) is 0 Å². The lowest BCUT2D eigenvalue weighted by Gasteiger charge is -2.08. The van der Waals surface area contributed by atoms with Crippen molar-refractivity contribution < 1.29 is 0 Å². The van der Waals surface area contributed by atoms with E-state index in [1.54, 1.807) is 0 Å². The van der Waals surface area contributed by atoms with E-state index in [1.807, 2.05) is 11.6 Å². The lowest BCUT2D eigenvalue weighted by Crippen LogP contribution is -2.08. The van der Waals surface area contributed by atoms with E-state index in [9.17, 15) is 0 Å². The number of aryl methyl sites for hydroxylation is 3. The molecule has 2 aromatic heterocycles. The summed E-state index contributed by atoms with van der Waals surface area (Å²) in [6.07, 6.45) is 4.02. The Morgan fingerprint density at radius 2 is 2.17 bits per heavy atom. The maximum absolute atomic E-state index is 6.03. The maximum Gasteiger partial charge on any atom is 0.158 e. The predicted octanol–water partition coefficient (Wildman–Crippen LogP) is 3.10. The number of hydrogen-bond donors (Lipinski definition) is 0. The van der Waals surface area contributed by atoms with E-state index in [0.717, 1.165) is 41.7 Å². The van der Waals surface area contributed by atoms with Crippen LogP contribution in [0.5, 0.6) is 0 Å². The number of aromatic nitrogens is 4. The molecule has 2 heterocycles. The van der Waals surface area contributed by atoms with Crippen molar-refractivity contribution in [3.63, 3.8) is 0 Å². The molecule has 0 spiro atoms. The van der Waals surface area contributed by atoms with Crippen molar-refractivity contribution in [2.45, 2.75) is 52.1 Å². The van der Waals surface area contributed by atoms with E-state index in [1.165, 1.54) is 19.3 Å². The third-order valence-corrected chi connectivity index (χ3v) is 3.99. The summed E-state index contributed by atoms with van der Waals surface area (Å²) in [5.74, 6) is 2.38. The molecule has 0 aromatic carbocycles. The first-order chi connectivity index (χ1) is 8.74. The second kappa shape index (κ2) is 4.57. The van der Waals surface area contributed by atoms with Gasteiger partial charge in [-0.15, -0.1) is 11.6 Å². The highest BCUT2D eigenvalue weighted by Gasteiger charge is 2.23. The van der Waals surface area contributed by atoms with E-state index in [-0.39, 0.29) is 0 Å². The number of imidazole rings is 1. The van der Waals surface area contributed by atoms with Crippen molar-refractivity contribution in [2.75, 3.05) is 0 Å². The molecule has 0 atom stereocenters. The molecule has 18 heavy (non-hydrogen) atoms. The summed E-state index contributed by atoms with van der Waals surface area (Å²) in [5, 5.41) is 4.54. The molecule has 0 radical (unpaired) electrons. The largest absolute Gasteiger partial charge is 0.312 e. The van der Waals surface area contributed by atoms with Crippen LogP contribution in [0.3, 0.4) is 0 Å². The minimum absolute atomic E-state index is 0.475. The minimum Gasteiger partial charge on any atom is -0.312 e. The summed E-state index contributed by atoms with van der Waals surface area (Å²) in [5.41, 5.74) is 3.16. The molecular formula is C13H19ClN4. The Balaban J connectivity index is 2.05. The monoisotopic (exact) mass is 266 g/mol. The van der Waals surface area contributed by atoms with Gasteiger partial charge in [-0.25, -0.2) is 9.67 Å². The zero-order chi connectivity index (χ0) is 12.7. The predicted molar refractivity (Wildman–Crippen MR) is 72.8 cm³/mol. The molecule has 2 aromatic rings. The van der Waals surface area contributed by atoms with Crippen molar-refractivity contribution in [2.24, 2.45) is 5.92 Å². The lowest BCUT2D eigenvalue weighted by molar-refractivity contribution is 0.568. The van der Waals surface area contributed by atoms with Gasteiger partial charge in [-0.1, -0.05) is 12.8 Å². The fourth-order valence-electron chi connectivity index (χ4n) is 2.55. The van der Waals surface area contributed by atoms with Crippen molar-refractivity contribution >= 4 is 22.8 Å². The van der Waals surface area contributed by atoms with Gasteiger partial charge in [-0.3, -0.25) is 0 Å². The Labute approximate surface area is 112 Å².